The van der Waals surface area contributed by atoms with Gasteiger partial charge >= 0.3 is 0 Å². The molecule has 0 aliphatic rings. The number of ether oxygens (including phenoxy) is 1. The lowest BCUT2D eigenvalue weighted by Gasteiger charge is -2.26. The van der Waals surface area contributed by atoms with Crippen LogP contribution in [-0.4, -0.2) is 17.9 Å². The van der Waals surface area contributed by atoms with Crippen LogP contribution in [-0.2, 0) is 15.6 Å². The maximum absolute atomic E-state index is 12.3. The van der Waals surface area contributed by atoms with Crippen LogP contribution in [0.5, 0.6) is 0 Å². The van der Waals surface area contributed by atoms with Crippen molar-refractivity contribution in [1.82, 2.24) is 0 Å². The molecule has 2 nitrogen and oxygen atoms in total. The molecule has 0 aromatic heterocycles. The quantitative estimate of drug-likeness (QED) is 0.595. The number of ketones is 1. The van der Waals surface area contributed by atoms with Gasteiger partial charge in [-0.1, -0.05) is 47.6 Å². The summed E-state index contributed by atoms with van der Waals surface area (Å²) in [6.45, 7) is 12.8. The Bertz CT molecular complexity index is 499. The van der Waals surface area contributed by atoms with Crippen molar-refractivity contribution in [3.8, 4) is 0 Å². The van der Waals surface area contributed by atoms with Crippen molar-refractivity contribution >= 4 is 23.1 Å². The minimum Gasteiger partial charge on any atom is -0.484 e. The molecule has 1 aromatic carbocycles. The summed E-state index contributed by atoms with van der Waals surface area (Å²) in [6, 6.07) is 6.01. The molecule has 0 amide bonds. The van der Waals surface area contributed by atoms with E-state index in [4.69, 9.17) is 17.0 Å². The average molecular weight is 292 g/mol. The highest BCUT2D eigenvalue weighted by Gasteiger charge is 2.23. The van der Waals surface area contributed by atoms with Crippen LogP contribution < -0.4 is 0 Å². The molecule has 0 aliphatic carbocycles. The zero-order chi connectivity index (χ0) is 15.7. The minimum atomic E-state index is -0.223. The smallest absolute Gasteiger partial charge is 0.239 e. The van der Waals surface area contributed by atoms with Crippen LogP contribution in [0, 0.1) is 0 Å². The third kappa shape index (κ3) is 3.89. The number of hydrogen-bond acceptors (Lipinski definition) is 3. The van der Waals surface area contributed by atoms with Crippen molar-refractivity contribution in [2.45, 2.75) is 52.4 Å². The van der Waals surface area contributed by atoms with E-state index >= 15 is 0 Å². The normalized spacial score (nSPS) is 12.2. The van der Waals surface area contributed by atoms with E-state index < -0.39 is 0 Å². The Morgan fingerprint density at radius 2 is 1.35 bits per heavy atom. The highest BCUT2D eigenvalue weighted by molar-refractivity contribution is 7.81. The summed E-state index contributed by atoms with van der Waals surface area (Å²) in [4.78, 5) is 12.3. The lowest BCUT2D eigenvalue weighted by molar-refractivity contribution is 0.104. The molecule has 0 atom stereocenters. The number of methoxy groups -OCH3 is 1. The van der Waals surface area contributed by atoms with Crippen LogP contribution >= 0.6 is 12.2 Å². The van der Waals surface area contributed by atoms with Gasteiger partial charge in [-0.25, -0.2) is 0 Å². The van der Waals surface area contributed by atoms with Gasteiger partial charge in [0.2, 0.25) is 10.8 Å². The van der Waals surface area contributed by atoms with E-state index in [1.165, 1.54) is 7.11 Å². The van der Waals surface area contributed by atoms with E-state index in [9.17, 15) is 4.79 Å². The Labute approximate surface area is 127 Å². The molecule has 1 rings (SSSR count). The van der Waals surface area contributed by atoms with Crippen LogP contribution in [0.1, 0.15) is 63.0 Å². The lowest BCUT2D eigenvalue weighted by Crippen LogP contribution is -2.20. The summed E-state index contributed by atoms with van der Waals surface area (Å²) < 4.78 is 4.90. The number of hydrogen-bond donors (Lipinski definition) is 0. The second-order valence-corrected chi connectivity index (χ2v) is 7.49. The molecular weight excluding hydrogens is 268 g/mol. The van der Waals surface area contributed by atoms with Crippen LogP contribution in [0.15, 0.2) is 18.2 Å². The zero-order valence-corrected chi connectivity index (χ0v) is 14.3. The minimum absolute atomic E-state index is 0.0101. The number of thiocarbonyl (C=S) groups is 1. The summed E-state index contributed by atoms with van der Waals surface area (Å²) in [5, 5.41) is 0.0101. The fourth-order valence-electron chi connectivity index (χ4n) is 1.84. The molecule has 0 heterocycles. The number of carbonyl (C=O) groups excluding carboxylic acids is 1. The van der Waals surface area contributed by atoms with E-state index in [0.717, 1.165) is 11.1 Å². The molecule has 0 spiro atoms. The Morgan fingerprint density at radius 1 is 0.950 bits per heavy atom. The molecule has 0 unspecified atom stereocenters. The number of carbonyl (C=O) groups is 1. The second-order valence-electron chi connectivity index (χ2n) is 7.12. The Morgan fingerprint density at radius 3 is 1.65 bits per heavy atom. The highest BCUT2D eigenvalue weighted by atomic mass is 32.1. The molecule has 0 bridgehead atoms. The van der Waals surface area contributed by atoms with E-state index in [0.29, 0.717) is 5.56 Å². The first-order chi connectivity index (χ1) is 8.96. The maximum atomic E-state index is 12.3. The molecule has 1 aromatic rings. The van der Waals surface area contributed by atoms with E-state index in [2.05, 4.69) is 47.6 Å². The standard InChI is InChI=1S/C17H24O2S/c1-16(2,3)12-8-11(14(18)15(20)19-7)9-13(10-12)17(4,5)6/h8-10H,1-7H3. The Balaban J connectivity index is 3.46. The largest absolute Gasteiger partial charge is 0.484 e. The molecule has 110 valence electrons. The van der Waals surface area contributed by atoms with Crippen LogP contribution in [0.4, 0.5) is 0 Å². The van der Waals surface area contributed by atoms with Crippen LogP contribution in [0.2, 0.25) is 0 Å². The van der Waals surface area contributed by atoms with Crippen molar-refractivity contribution in [1.29, 1.82) is 0 Å². The van der Waals surface area contributed by atoms with Gasteiger partial charge in [-0.3, -0.25) is 4.79 Å². The van der Waals surface area contributed by atoms with E-state index in [-0.39, 0.29) is 21.7 Å². The number of Topliss-reactive ketones (excluding diaryl/α,β-unsaturated/α-hetero) is 1. The SMILES string of the molecule is COC(=S)C(=O)c1cc(C(C)(C)C)cc(C(C)(C)C)c1. The van der Waals surface area contributed by atoms with Gasteiger partial charge in [0.15, 0.2) is 0 Å². The zero-order valence-electron chi connectivity index (χ0n) is 13.5. The van der Waals surface area contributed by atoms with Gasteiger partial charge in [-0.15, -0.1) is 0 Å². The fraction of sp³-hybridized carbons (Fsp3) is 0.529. The molecule has 0 saturated carbocycles. The van der Waals surface area contributed by atoms with Crippen LogP contribution in [0.3, 0.4) is 0 Å². The first-order valence-electron chi connectivity index (χ1n) is 6.75. The van der Waals surface area contributed by atoms with Gasteiger partial charge < -0.3 is 4.74 Å². The fourth-order valence-corrected chi connectivity index (χ4v) is 1.95. The maximum Gasteiger partial charge on any atom is 0.239 e. The van der Waals surface area contributed by atoms with Gasteiger partial charge in [-0.05, 0) is 46.3 Å². The van der Waals surface area contributed by atoms with Gasteiger partial charge in [-0.2, -0.15) is 0 Å². The Hall–Kier alpha value is -1.22. The molecule has 0 N–H and O–H groups in total. The highest BCUT2D eigenvalue weighted by Crippen LogP contribution is 2.30. The third-order valence-electron chi connectivity index (χ3n) is 3.30. The van der Waals surface area contributed by atoms with E-state index in [1.54, 1.807) is 0 Å². The monoisotopic (exact) mass is 292 g/mol. The first kappa shape index (κ1) is 16.8. The second kappa shape index (κ2) is 5.65. The topological polar surface area (TPSA) is 26.3 Å². The van der Waals surface area contributed by atoms with Gasteiger partial charge in [0.05, 0.1) is 7.11 Å². The van der Waals surface area contributed by atoms with Crippen molar-refractivity contribution in [3.05, 3.63) is 34.9 Å². The molecule has 0 radical (unpaired) electrons. The summed E-state index contributed by atoms with van der Waals surface area (Å²) in [7, 11) is 1.43. The van der Waals surface area contributed by atoms with Crippen molar-refractivity contribution in [2.75, 3.05) is 7.11 Å². The summed E-state index contributed by atoms with van der Waals surface area (Å²) in [5.41, 5.74) is 2.82. The molecule has 0 saturated heterocycles. The van der Waals surface area contributed by atoms with Crippen molar-refractivity contribution in [3.63, 3.8) is 0 Å². The lowest BCUT2D eigenvalue weighted by atomic mass is 9.79. The predicted octanol–water partition coefficient (Wildman–Crippen LogP) is 4.44. The van der Waals surface area contributed by atoms with Crippen molar-refractivity contribution < 1.29 is 9.53 Å². The molecule has 3 heteroatoms. The van der Waals surface area contributed by atoms with Gasteiger partial charge in [0, 0.05) is 5.56 Å². The van der Waals surface area contributed by atoms with Crippen molar-refractivity contribution in [2.24, 2.45) is 0 Å². The molecule has 0 aliphatic heterocycles. The van der Waals surface area contributed by atoms with Crippen LogP contribution in [0.25, 0.3) is 0 Å². The predicted molar refractivity (Wildman–Crippen MR) is 87.8 cm³/mol. The molecular formula is C17H24O2S. The average Bonchev–Trinajstić information content (AvgIpc) is 2.34. The first-order valence-corrected chi connectivity index (χ1v) is 7.16. The Kier molecular flexibility index (Phi) is 4.75. The van der Waals surface area contributed by atoms with Gasteiger partial charge in [0.25, 0.3) is 0 Å². The third-order valence-corrected chi connectivity index (χ3v) is 3.65. The summed E-state index contributed by atoms with van der Waals surface area (Å²) in [6.07, 6.45) is 0. The summed E-state index contributed by atoms with van der Waals surface area (Å²) >= 11 is 4.96. The van der Waals surface area contributed by atoms with E-state index in [1.807, 2.05) is 12.1 Å². The molecule has 0 fully saturated rings. The number of benzene rings is 1. The number of rotatable bonds is 2. The summed E-state index contributed by atoms with van der Waals surface area (Å²) in [5.74, 6) is -0.223. The molecule has 20 heavy (non-hydrogen) atoms. The van der Waals surface area contributed by atoms with Gasteiger partial charge in [0.1, 0.15) is 0 Å².